The molecule has 6 heteroatoms. The van der Waals surface area contributed by atoms with Crippen LogP contribution in [0.4, 0.5) is 13.2 Å². The lowest BCUT2D eigenvalue weighted by molar-refractivity contribution is 0.146. The minimum atomic E-state index is -2.98. The van der Waals surface area contributed by atoms with E-state index in [9.17, 15) is 13.2 Å². The molecular formula is C8H6F3N3. The van der Waals surface area contributed by atoms with Crippen LogP contribution in [0.15, 0.2) is 6.07 Å². The Labute approximate surface area is 78.0 Å². The van der Waals surface area contributed by atoms with E-state index < -0.39 is 23.5 Å². The normalized spacial score (nSPS) is 10.3. The van der Waals surface area contributed by atoms with Gasteiger partial charge < -0.3 is 5.73 Å². The van der Waals surface area contributed by atoms with E-state index in [0.717, 1.165) is 6.07 Å². The van der Waals surface area contributed by atoms with E-state index in [0.29, 0.717) is 0 Å². The Morgan fingerprint density at radius 3 is 2.64 bits per heavy atom. The van der Waals surface area contributed by atoms with Crippen LogP contribution in [0.2, 0.25) is 0 Å². The Balaban J connectivity index is 3.36. The Morgan fingerprint density at radius 2 is 2.21 bits per heavy atom. The van der Waals surface area contributed by atoms with Gasteiger partial charge in [0.25, 0.3) is 6.43 Å². The van der Waals surface area contributed by atoms with E-state index in [1.54, 1.807) is 0 Å². The second-order valence-electron chi connectivity index (χ2n) is 2.48. The number of nitriles is 1. The summed E-state index contributed by atoms with van der Waals surface area (Å²) in [6, 6.07) is 2.25. The van der Waals surface area contributed by atoms with Gasteiger partial charge in [-0.25, -0.2) is 18.2 Å². The second kappa shape index (κ2) is 4.07. The molecule has 0 aliphatic heterocycles. The number of nitrogens with two attached hydrogens (primary N) is 1. The van der Waals surface area contributed by atoms with Gasteiger partial charge >= 0.3 is 0 Å². The predicted molar refractivity (Wildman–Crippen MR) is 41.8 cm³/mol. The summed E-state index contributed by atoms with van der Waals surface area (Å²) in [6.45, 7) is -0.116. The molecule has 0 unspecified atom stereocenters. The van der Waals surface area contributed by atoms with Crippen LogP contribution in [-0.2, 0) is 6.54 Å². The summed E-state index contributed by atoms with van der Waals surface area (Å²) in [7, 11) is 0. The SMILES string of the molecule is N#Cc1nc(CN)cc(C(F)F)c1F. The number of hydrogen-bond donors (Lipinski definition) is 1. The standard InChI is InChI=1S/C8H6F3N3/c9-7-5(8(10)11)1-4(2-12)14-6(7)3-13/h1,8H,2,12H2. The minimum absolute atomic E-state index is 0.0678. The third-order valence-corrected chi connectivity index (χ3v) is 1.59. The van der Waals surface area contributed by atoms with Gasteiger partial charge in [0, 0.05) is 6.54 Å². The molecule has 0 radical (unpaired) electrons. The lowest BCUT2D eigenvalue weighted by atomic mass is 10.2. The first kappa shape index (κ1) is 10.5. The van der Waals surface area contributed by atoms with Crippen molar-refractivity contribution in [1.82, 2.24) is 4.98 Å². The van der Waals surface area contributed by atoms with E-state index in [1.165, 1.54) is 6.07 Å². The molecule has 3 nitrogen and oxygen atoms in total. The van der Waals surface area contributed by atoms with Crippen LogP contribution in [0.5, 0.6) is 0 Å². The number of hydrogen-bond acceptors (Lipinski definition) is 3. The van der Waals surface area contributed by atoms with E-state index in [1.807, 2.05) is 0 Å². The van der Waals surface area contributed by atoms with Crippen molar-refractivity contribution in [3.05, 3.63) is 28.8 Å². The zero-order valence-corrected chi connectivity index (χ0v) is 6.97. The summed E-state index contributed by atoms with van der Waals surface area (Å²) < 4.78 is 37.5. The summed E-state index contributed by atoms with van der Waals surface area (Å²) >= 11 is 0. The van der Waals surface area contributed by atoms with Crippen molar-refractivity contribution >= 4 is 0 Å². The first-order valence-electron chi connectivity index (χ1n) is 3.67. The van der Waals surface area contributed by atoms with E-state index in [4.69, 9.17) is 11.0 Å². The maximum absolute atomic E-state index is 13.0. The molecule has 0 amide bonds. The molecule has 74 valence electrons. The van der Waals surface area contributed by atoms with Crippen LogP contribution in [0.25, 0.3) is 0 Å². The molecule has 0 fully saturated rings. The summed E-state index contributed by atoms with van der Waals surface area (Å²) in [5.74, 6) is -1.28. The first-order valence-corrected chi connectivity index (χ1v) is 3.67. The topological polar surface area (TPSA) is 62.7 Å². The van der Waals surface area contributed by atoms with Crippen LogP contribution >= 0.6 is 0 Å². The second-order valence-corrected chi connectivity index (χ2v) is 2.48. The van der Waals surface area contributed by atoms with Crippen molar-refractivity contribution in [2.24, 2.45) is 5.73 Å². The highest BCUT2D eigenvalue weighted by atomic mass is 19.3. The summed E-state index contributed by atoms with van der Waals surface area (Å²) in [4.78, 5) is 3.46. The average Bonchev–Trinajstić information content (AvgIpc) is 2.17. The summed E-state index contributed by atoms with van der Waals surface area (Å²) in [5, 5.41) is 8.41. The molecule has 0 spiro atoms. The Morgan fingerprint density at radius 1 is 1.57 bits per heavy atom. The highest BCUT2D eigenvalue weighted by molar-refractivity contribution is 5.31. The van der Waals surface area contributed by atoms with Crippen LogP contribution in [0.1, 0.15) is 23.4 Å². The molecule has 1 heterocycles. The van der Waals surface area contributed by atoms with E-state index in [-0.39, 0.29) is 12.2 Å². The van der Waals surface area contributed by atoms with Gasteiger partial charge in [-0.05, 0) is 6.07 Å². The fourth-order valence-corrected chi connectivity index (χ4v) is 0.942. The van der Waals surface area contributed by atoms with Crippen molar-refractivity contribution in [2.45, 2.75) is 13.0 Å². The van der Waals surface area contributed by atoms with Gasteiger partial charge in [0.1, 0.15) is 6.07 Å². The molecule has 0 aromatic carbocycles. The quantitative estimate of drug-likeness (QED) is 0.788. The fourth-order valence-electron chi connectivity index (χ4n) is 0.942. The van der Waals surface area contributed by atoms with Gasteiger partial charge in [-0.3, -0.25) is 0 Å². The molecule has 0 aliphatic carbocycles. The number of nitrogens with zero attached hydrogens (tertiary/aromatic N) is 2. The largest absolute Gasteiger partial charge is 0.325 e. The lowest BCUT2D eigenvalue weighted by Gasteiger charge is -2.05. The summed E-state index contributed by atoms with van der Waals surface area (Å²) in [5.41, 5.74) is 3.74. The van der Waals surface area contributed by atoms with Gasteiger partial charge in [-0.15, -0.1) is 0 Å². The van der Waals surface area contributed by atoms with Crippen molar-refractivity contribution < 1.29 is 13.2 Å². The minimum Gasteiger partial charge on any atom is -0.325 e. The monoisotopic (exact) mass is 201 g/mol. The van der Waals surface area contributed by atoms with Gasteiger partial charge in [-0.2, -0.15) is 5.26 Å². The zero-order chi connectivity index (χ0) is 10.7. The van der Waals surface area contributed by atoms with Crippen molar-refractivity contribution in [2.75, 3.05) is 0 Å². The van der Waals surface area contributed by atoms with Gasteiger partial charge in [0.2, 0.25) is 0 Å². The number of halogens is 3. The molecule has 1 rings (SSSR count). The molecule has 0 saturated carbocycles. The fraction of sp³-hybridized carbons (Fsp3) is 0.250. The molecule has 1 aromatic heterocycles. The number of alkyl halides is 2. The van der Waals surface area contributed by atoms with Gasteiger partial charge in [-0.1, -0.05) is 0 Å². The smallest absolute Gasteiger partial charge is 0.266 e. The zero-order valence-electron chi connectivity index (χ0n) is 6.97. The Kier molecular flexibility index (Phi) is 3.04. The molecule has 0 atom stereocenters. The molecule has 1 aromatic rings. The van der Waals surface area contributed by atoms with Crippen molar-refractivity contribution in [3.8, 4) is 6.07 Å². The Bertz CT molecular complexity index is 384. The predicted octanol–water partition coefficient (Wildman–Crippen LogP) is 1.49. The van der Waals surface area contributed by atoms with Crippen LogP contribution < -0.4 is 5.73 Å². The maximum Gasteiger partial charge on any atom is 0.266 e. The third-order valence-electron chi connectivity index (χ3n) is 1.59. The Hall–Kier alpha value is -1.61. The highest BCUT2D eigenvalue weighted by Crippen LogP contribution is 2.23. The summed E-state index contributed by atoms with van der Waals surface area (Å²) in [6.07, 6.45) is -2.98. The third kappa shape index (κ3) is 1.83. The van der Waals surface area contributed by atoms with Gasteiger partial charge in [0.05, 0.1) is 11.3 Å². The van der Waals surface area contributed by atoms with Crippen LogP contribution in [0.3, 0.4) is 0 Å². The molecule has 0 aliphatic rings. The molecule has 2 N–H and O–H groups in total. The highest BCUT2D eigenvalue weighted by Gasteiger charge is 2.18. The average molecular weight is 201 g/mol. The van der Waals surface area contributed by atoms with E-state index >= 15 is 0 Å². The molecule has 14 heavy (non-hydrogen) atoms. The molecule has 0 bridgehead atoms. The maximum atomic E-state index is 13.0. The first-order chi connectivity index (χ1) is 6.60. The van der Waals surface area contributed by atoms with Crippen LogP contribution in [0, 0.1) is 17.1 Å². The number of rotatable bonds is 2. The van der Waals surface area contributed by atoms with Crippen LogP contribution in [-0.4, -0.2) is 4.98 Å². The van der Waals surface area contributed by atoms with Crippen molar-refractivity contribution in [1.29, 1.82) is 5.26 Å². The van der Waals surface area contributed by atoms with Gasteiger partial charge in [0.15, 0.2) is 11.5 Å². The van der Waals surface area contributed by atoms with E-state index in [2.05, 4.69) is 4.98 Å². The number of pyridine rings is 1. The van der Waals surface area contributed by atoms with Crippen molar-refractivity contribution in [3.63, 3.8) is 0 Å². The number of aromatic nitrogens is 1. The molecular weight excluding hydrogens is 195 g/mol. The lowest BCUT2D eigenvalue weighted by Crippen LogP contribution is -2.06. The molecule has 0 saturated heterocycles.